The number of nitrogens with zero attached hydrogens (tertiary/aromatic N) is 1. The Bertz CT molecular complexity index is 930. The second-order valence-electron chi connectivity index (χ2n) is 9.55. The normalized spacial score (nSPS) is 30.5. The lowest BCUT2D eigenvalue weighted by atomic mass is 9.80. The zero-order valence-electron chi connectivity index (χ0n) is 18.2. The number of carbonyl (C=O) groups is 3. The van der Waals surface area contributed by atoms with E-state index < -0.39 is 11.9 Å². The summed E-state index contributed by atoms with van der Waals surface area (Å²) in [6, 6.07) is 3.45. The molecule has 4 atom stereocenters. The van der Waals surface area contributed by atoms with Crippen LogP contribution in [0.1, 0.15) is 66.4 Å². The SMILES string of the molecule is O=C1CCC(N2Cc3c(ccc(C[C@H]4CCCC[C@@H]4N[C@@H]4CCOC4)c3F)C2=O)C(=O)N1. The number of amides is 3. The van der Waals surface area contributed by atoms with Gasteiger partial charge in [-0.15, -0.1) is 0 Å². The molecule has 2 N–H and O–H groups in total. The zero-order valence-corrected chi connectivity index (χ0v) is 18.2. The molecule has 1 saturated carbocycles. The van der Waals surface area contributed by atoms with Gasteiger partial charge < -0.3 is 15.0 Å². The summed E-state index contributed by atoms with van der Waals surface area (Å²) in [5.74, 6) is -1.11. The molecule has 4 aliphatic rings. The number of rotatable bonds is 5. The minimum Gasteiger partial charge on any atom is -0.380 e. The summed E-state index contributed by atoms with van der Waals surface area (Å²) in [6.07, 6.45) is 6.61. The predicted molar refractivity (Wildman–Crippen MR) is 114 cm³/mol. The highest BCUT2D eigenvalue weighted by Gasteiger charge is 2.40. The molecule has 0 bridgehead atoms. The maximum atomic E-state index is 15.6. The van der Waals surface area contributed by atoms with Crippen LogP contribution in [0.5, 0.6) is 0 Å². The van der Waals surface area contributed by atoms with Gasteiger partial charge in [0.1, 0.15) is 11.9 Å². The molecule has 3 amide bonds. The fourth-order valence-electron chi connectivity index (χ4n) is 5.73. The first-order valence-corrected chi connectivity index (χ1v) is 11.8. The summed E-state index contributed by atoms with van der Waals surface area (Å²) in [5.41, 5.74) is 1.35. The van der Waals surface area contributed by atoms with E-state index in [0.717, 1.165) is 38.9 Å². The minimum absolute atomic E-state index is 0.0753. The molecule has 0 aromatic heterocycles. The Hall–Kier alpha value is -2.32. The highest BCUT2D eigenvalue weighted by Crippen LogP contribution is 2.34. The van der Waals surface area contributed by atoms with Gasteiger partial charge in [-0.05, 0) is 49.7 Å². The Kier molecular flexibility index (Phi) is 5.99. The van der Waals surface area contributed by atoms with Crippen LogP contribution in [0.4, 0.5) is 4.39 Å². The van der Waals surface area contributed by atoms with Crippen LogP contribution < -0.4 is 10.6 Å². The van der Waals surface area contributed by atoms with Gasteiger partial charge in [0.05, 0.1) is 13.2 Å². The monoisotopic (exact) mass is 443 g/mol. The molecule has 0 spiro atoms. The molecule has 172 valence electrons. The van der Waals surface area contributed by atoms with Crippen molar-refractivity contribution in [3.8, 4) is 0 Å². The van der Waals surface area contributed by atoms with E-state index in [1.54, 1.807) is 12.1 Å². The van der Waals surface area contributed by atoms with E-state index in [1.165, 1.54) is 11.3 Å². The molecule has 3 fully saturated rings. The number of nitrogens with one attached hydrogen (secondary N) is 2. The van der Waals surface area contributed by atoms with E-state index in [2.05, 4.69) is 10.6 Å². The van der Waals surface area contributed by atoms with E-state index in [4.69, 9.17) is 4.74 Å². The second-order valence-corrected chi connectivity index (χ2v) is 9.55. The first kappa shape index (κ1) is 21.5. The molecule has 0 radical (unpaired) electrons. The summed E-state index contributed by atoms with van der Waals surface area (Å²) < 4.78 is 21.1. The molecule has 7 nitrogen and oxygen atoms in total. The summed E-state index contributed by atoms with van der Waals surface area (Å²) in [5, 5.41) is 6.03. The second kappa shape index (κ2) is 8.90. The number of halogens is 1. The third-order valence-corrected chi connectivity index (χ3v) is 7.50. The molecule has 1 aromatic carbocycles. The third kappa shape index (κ3) is 4.06. The number of hydrogen-bond acceptors (Lipinski definition) is 5. The maximum absolute atomic E-state index is 15.6. The van der Waals surface area contributed by atoms with E-state index in [0.29, 0.717) is 41.1 Å². The molecule has 5 rings (SSSR count). The van der Waals surface area contributed by atoms with Crippen LogP contribution in [0.3, 0.4) is 0 Å². The third-order valence-electron chi connectivity index (χ3n) is 7.50. The van der Waals surface area contributed by atoms with Crippen LogP contribution in [-0.2, 0) is 27.3 Å². The number of imide groups is 1. The Morgan fingerprint density at radius 1 is 1.12 bits per heavy atom. The van der Waals surface area contributed by atoms with Crippen LogP contribution in [0.2, 0.25) is 0 Å². The lowest BCUT2D eigenvalue weighted by molar-refractivity contribution is -0.136. The molecule has 3 aliphatic heterocycles. The summed E-state index contributed by atoms with van der Waals surface area (Å²) in [4.78, 5) is 38.0. The topological polar surface area (TPSA) is 87.7 Å². The fraction of sp³-hybridized carbons (Fsp3) is 0.625. The largest absolute Gasteiger partial charge is 0.380 e. The lowest BCUT2D eigenvalue weighted by Crippen LogP contribution is -2.52. The van der Waals surface area contributed by atoms with Crippen molar-refractivity contribution >= 4 is 17.7 Å². The minimum atomic E-state index is -0.726. The molecular weight excluding hydrogens is 413 g/mol. The predicted octanol–water partition coefficient (Wildman–Crippen LogP) is 2.07. The van der Waals surface area contributed by atoms with Crippen molar-refractivity contribution in [2.45, 2.75) is 76.0 Å². The van der Waals surface area contributed by atoms with Gasteiger partial charge in [-0.1, -0.05) is 18.9 Å². The van der Waals surface area contributed by atoms with Crippen molar-refractivity contribution in [1.82, 2.24) is 15.5 Å². The number of fused-ring (bicyclic) bond motifs is 1. The summed E-state index contributed by atoms with van der Waals surface area (Å²) in [7, 11) is 0. The summed E-state index contributed by atoms with van der Waals surface area (Å²) in [6.45, 7) is 1.62. The molecule has 3 heterocycles. The average molecular weight is 444 g/mol. The molecule has 2 saturated heterocycles. The summed E-state index contributed by atoms with van der Waals surface area (Å²) >= 11 is 0. The van der Waals surface area contributed by atoms with Crippen LogP contribution in [-0.4, -0.2) is 54.0 Å². The van der Waals surface area contributed by atoms with Gasteiger partial charge >= 0.3 is 0 Å². The van der Waals surface area contributed by atoms with Crippen molar-refractivity contribution in [3.63, 3.8) is 0 Å². The van der Waals surface area contributed by atoms with Crippen molar-refractivity contribution < 1.29 is 23.5 Å². The van der Waals surface area contributed by atoms with Gasteiger partial charge in [0.25, 0.3) is 5.91 Å². The quantitative estimate of drug-likeness (QED) is 0.681. The van der Waals surface area contributed by atoms with Gasteiger partial charge in [0.15, 0.2) is 0 Å². The number of benzene rings is 1. The van der Waals surface area contributed by atoms with E-state index in [9.17, 15) is 14.4 Å². The smallest absolute Gasteiger partial charge is 0.255 e. The Labute approximate surface area is 187 Å². The molecule has 8 heteroatoms. The Morgan fingerprint density at radius 3 is 2.75 bits per heavy atom. The molecular formula is C24H30FN3O4. The van der Waals surface area contributed by atoms with Crippen LogP contribution in [0, 0.1) is 11.7 Å². The van der Waals surface area contributed by atoms with Crippen molar-refractivity contribution in [1.29, 1.82) is 0 Å². The fourth-order valence-corrected chi connectivity index (χ4v) is 5.73. The first-order valence-electron chi connectivity index (χ1n) is 11.8. The van der Waals surface area contributed by atoms with E-state index in [1.807, 2.05) is 0 Å². The van der Waals surface area contributed by atoms with Crippen LogP contribution >= 0.6 is 0 Å². The molecule has 1 aliphatic carbocycles. The zero-order chi connectivity index (χ0) is 22.2. The van der Waals surface area contributed by atoms with Crippen molar-refractivity contribution in [2.24, 2.45) is 5.92 Å². The Morgan fingerprint density at radius 2 is 1.97 bits per heavy atom. The highest BCUT2D eigenvalue weighted by atomic mass is 19.1. The standard InChI is InChI=1S/C24H30FN3O4/c25-22-15(11-14-3-1-2-4-19(14)26-16-9-10-32-13-16)5-6-17-18(22)12-28(24(17)31)20-7-8-21(29)27-23(20)30/h5-6,14,16,19-20,26H,1-4,7-13H2,(H,27,29,30)/t14-,16-,19+,20?/m1/s1. The molecule has 32 heavy (non-hydrogen) atoms. The lowest BCUT2D eigenvalue weighted by Gasteiger charge is -2.34. The maximum Gasteiger partial charge on any atom is 0.255 e. The Balaban J connectivity index is 1.32. The van der Waals surface area contributed by atoms with Crippen LogP contribution in [0.25, 0.3) is 0 Å². The van der Waals surface area contributed by atoms with Gasteiger partial charge in [0.2, 0.25) is 11.8 Å². The average Bonchev–Trinajstić information content (AvgIpc) is 3.40. The van der Waals surface area contributed by atoms with Crippen LogP contribution in [0.15, 0.2) is 12.1 Å². The van der Waals surface area contributed by atoms with E-state index >= 15 is 4.39 Å². The van der Waals surface area contributed by atoms with Gasteiger partial charge in [0, 0.05) is 36.2 Å². The number of ether oxygens (including phenoxy) is 1. The highest BCUT2D eigenvalue weighted by molar-refractivity contribution is 6.05. The van der Waals surface area contributed by atoms with Gasteiger partial charge in [-0.3, -0.25) is 19.7 Å². The van der Waals surface area contributed by atoms with Gasteiger partial charge in [-0.25, -0.2) is 4.39 Å². The van der Waals surface area contributed by atoms with E-state index in [-0.39, 0.29) is 37.0 Å². The first-order chi connectivity index (χ1) is 15.5. The number of carbonyl (C=O) groups excluding carboxylic acids is 3. The number of piperidine rings is 1. The van der Waals surface area contributed by atoms with Crippen molar-refractivity contribution in [3.05, 3.63) is 34.6 Å². The van der Waals surface area contributed by atoms with Gasteiger partial charge in [-0.2, -0.15) is 0 Å². The molecule has 1 unspecified atom stereocenters. The van der Waals surface area contributed by atoms with Crippen molar-refractivity contribution in [2.75, 3.05) is 13.2 Å². The number of hydrogen-bond donors (Lipinski definition) is 2. The molecule has 1 aromatic rings.